The van der Waals surface area contributed by atoms with Crippen LogP contribution in [0.4, 0.5) is 11.6 Å². The summed E-state index contributed by atoms with van der Waals surface area (Å²) in [5, 5.41) is 0.0747. The minimum Gasteiger partial charge on any atom is -0.383 e. The second-order valence-corrected chi connectivity index (χ2v) is 8.07. The molecule has 0 fully saturated rings. The minimum absolute atomic E-state index is 0.0274. The van der Waals surface area contributed by atoms with Crippen LogP contribution >= 0.6 is 0 Å². The second kappa shape index (κ2) is 10.4. The number of nitrogen functional groups attached to an aromatic ring is 2. The van der Waals surface area contributed by atoms with Gasteiger partial charge in [-0.1, -0.05) is 0 Å². The number of unbranched alkanes of at least 4 members (excludes halogenated alkanes) is 1. The molecule has 0 aliphatic carbocycles. The molecule has 0 radical (unpaired) electrons. The van der Waals surface area contributed by atoms with Crippen LogP contribution in [0.1, 0.15) is 12.8 Å². The standard InChI is InChI=1S/C20H26N12O4/c21-3-1-2-4-30(5-7-31-15-11(13(22)24-9-26-15)17(33)28-19(31)35)6-8-32-16-12(14(23)25-10-27-16)18(34)29-20(32)36/h9-10H,1-8,21H2,(H2,22,24,26)(H2,23,25,27)(H,28,33,35)(H,29,34,36). The van der Waals surface area contributed by atoms with E-state index in [2.05, 4.69) is 29.9 Å². The summed E-state index contributed by atoms with van der Waals surface area (Å²) in [7, 11) is 0. The molecule has 16 heteroatoms. The number of hydrogen-bond donors (Lipinski definition) is 5. The summed E-state index contributed by atoms with van der Waals surface area (Å²) in [4.78, 5) is 71.8. The summed E-state index contributed by atoms with van der Waals surface area (Å²) in [6.45, 7) is 2.26. The van der Waals surface area contributed by atoms with Crippen molar-refractivity contribution in [1.82, 2.24) is 43.9 Å². The first-order valence-corrected chi connectivity index (χ1v) is 11.2. The van der Waals surface area contributed by atoms with Crippen LogP contribution in [0.5, 0.6) is 0 Å². The molecule has 190 valence electrons. The second-order valence-electron chi connectivity index (χ2n) is 8.07. The van der Waals surface area contributed by atoms with E-state index in [1.165, 1.54) is 21.8 Å². The topological polar surface area (TPSA) is 243 Å². The van der Waals surface area contributed by atoms with E-state index in [9.17, 15) is 19.2 Å². The quantitative estimate of drug-likeness (QED) is 0.139. The van der Waals surface area contributed by atoms with Crippen molar-refractivity contribution < 1.29 is 0 Å². The van der Waals surface area contributed by atoms with Crippen LogP contribution in [0, 0.1) is 0 Å². The average molecular weight is 499 g/mol. The Labute approximate surface area is 201 Å². The number of anilines is 2. The van der Waals surface area contributed by atoms with Crippen molar-refractivity contribution in [2.75, 3.05) is 37.6 Å². The Morgan fingerprint density at radius 1 is 0.722 bits per heavy atom. The third kappa shape index (κ3) is 4.84. The van der Waals surface area contributed by atoms with Gasteiger partial charge in [-0.25, -0.2) is 29.5 Å². The molecule has 4 heterocycles. The third-order valence-electron chi connectivity index (χ3n) is 5.82. The van der Waals surface area contributed by atoms with E-state index in [1.54, 1.807) is 0 Å². The molecule has 0 unspecified atom stereocenters. The molecule has 4 aromatic rings. The van der Waals surface area contributed by atoms with Gasteiger partial charge < -0.3 is 17.2 Å². The van der Waals surface area contributed by atoms with Gasteiger partial charge in [0.05, 0.1) is 0 Å². The molecular formula is C20H26N12O4. The predicted octanol–water partition coefficient (Wildman–Crippen LogP) is -2.82. The van der Waals surface area contributed by atoms with Crippen LogP contribution in [-0.4, -0.2) is 70.1 Å². The molecular weight excluding hydrogens is 472 g/mol. The zero-order chi connectivity index (χ0) is 25.8. The molecule has 4 rings (SSSR count). The van der Waals surface area contributed by atoms with Gasteiger partial charge in [-0.15, -0.1) is 0 Å². The first-order valence-electron chi connectivity index (χ1n) is 11.2. The Balaban J connectivity index is 1.61. The van der Waals surface area contributed by atoms with Crippen LogP contribution < -0.4 is 39.7 Å². The third-order valence-corrected chi connectivity index (χ3v) is 5.82. The average Bonchev–Trinajstić information content (AvgIpc) is 2.82. The van der Waals surface area contributed by atoms with Crippen molar-refractivity contribution in [2.45, 2.75) is 25.9 Å². The smallest absolute Gasteiger partial charge is 0.330 e. The van der Waals surface area contributed by atoms with Crippen molar-refractivity contribution in [3.05, 3.63) is 54.3 Å². The van der Waals surface area contributed by atoms with E-state index in [0.29, 0.717) is 26.2 Å². The summed E-state index contributed by atoms with van der Waals surface area (Å²) in [5.41, 5.74) is 15.0. The van der Waals surface area contributed by atoms with Crippen molar-refractivity contribution in [3.63, 3.8) is 0 Å². The van der Waals surface area contributed by atoms with Crippen LogP contribution in [0.2, 0.25) is 0 Å². The van der Waals surface area contributed by atoms with E-state index in [-0.39, 0.29) is 46.8 Å². The number of hydrogen-bond acceptors (Lipinski definition) is 12. The Bertz CT molecular complexity index is 1520. The summed E-state index contributed by atoms with van der Waals surface area (Å²) in [6, 6.07) is 0. The number of nitrogens with one attached hydrogen (secondary N) is 2. The zero-order valence-corrected chi connectivity index (χ0v) is 19.3. The van der Waals surface area contributed by atoms with Gasteiger partial charge in [0.1, 0.15) is 35.1 Å². The molecule has 0 spiro atoms. The van der Waals surface area contributed by atoms with Gasteiger partial charge in [0.15, 0.2) is 11.3 Å². The lowest BCUT2D eigenvalue weighted by Gasteiger charge is -2.23. The monoisotopic (exact) mass is 498 g/mol. The molecule has 0 aromatic carbocycles. The largest absolute Gasteiger partial charge is 0.383 e. The molecule has 0 aliphatic rings. The lowest BCUT2D eigenvalue weighted by atomic mass is 10.3. The van der Waals surface area contributed by atoms with Crippen molar-refractivity contribution in [1.29, 1.82) is 0 Å². The van der Waals surface area contributed by atoms with E-state index >= 15 is 0 Å². The summed E-state index contributed by atoms with van der Waals surface area (Å²) in [6.07, 6.45) is 3.94. The highest BCUT2D eigenvalue weighted by atomic mass is 16.2. The number of fused-ring (bicyclic) bond motifs is 2. The fraction of sp³-hybridized carbons (Fsp3) is 0.400. The summed E-state index contributed by atoms with van der Waals surface area (Å²) < 4.78 is 2.64. The van der Waals surface area contributed by atoms with Gasteiger partial charge in [0, 0.05) is 26.2 Å². The predicted molar refractivity (Wildman–Crippen MR) is 132 cm³/mol. The van der Waals surface area contributed by atoms with Gasteiger partial charge in [-0.2, -0.15) is 0 Å². The van der Waals surface area contributed by atoms with Crippen molar-refractivity contribution >= 4 is 33.7 Å². The summed E-state index contributed by atoms with van der Waals surface area (Å²) >= 11 is 0. The van der Waals surface area contributed by atoms with E-state index in [1.807, 2.05) is 4.90 Å². The fourth-order valence-corrected chi connectivity index (χ4v) is 3.98. The molecule has 0 saturated heterocycles. The molecule has 4 aromatic heterocycles. The molecule has 0 aliphatic heterocycles. The first kappa shape index (κ1) is 24.7. The number of aromatic amines is 2. The zero-order valence-electron chi connectivity index (χ0n) is 19.3. The molecule has 0 atom stereocenters. The molecule has 0 saturated carbocycles. The Kier molecular flexibility index (Phi) is 7.16. The lowest BCUT2D eigenvalue weighted by molar-refractivity contribution is 0.247. The number of aromatic nitrogens is 8. The lowest BCUT2D eigenvalue weighted by Crippen LogP contribution is -2.39. The Morgan fingerprint density at radius 3 is 1.64 bits per heavy atom. The van der Waals surface area contributed by atoms with Gasteiger partial charge in [0.25, 0.3) is 11.1 Å². The number of rotatable bonds is 10. The molecule has 36 heavy (non-hydrogen) atoms. The van der Waals surface area contributed by atoms with Gasteiger partial charge in [-0.3, -0.25) is 33.6 Å². The van der Waals surface area contributed by atoms with Gasteiger partial charge >= 0.3 is 11.4 Å². The number of nitrogens with two attached hydrogens (primary N) is 3. The molecule has 16 nitrogen and oxygen atoms in total. The minimum atomic E-state index is -0.658. The first-order chi connectivity index (χ1) is 17.3. The molecule has 0 amide bonds. The van der Waals surface area contributed by atoms with E-state index < -0.39 is 22.5 Å². The van der Waals surface area contributed by atoms with Gasteiger partial charge in [-0.05, 0) is 25.9 Å². The van der Waals surface area contributed by atoms with Crippen molar-refractivity contribution in [2.24, 2.45) is 5.73 Å². The van der Waals surface area contributed by atoms with Crippen LogP contribution in [0.3, 0.4) is 0 Å². The Hall–Kier alpha value is -4.44. The normalized spacial score (nSPS) is 11.6. The maximum atomic E-state index is 12.5. The highest BCUT2D eigenvalue weighted by Crippen LogP contribution is 2.11. The maximum absolute atomic E-state index is 12.5. The Morgan fingerprint density at radius 2 is 1.19 bits per heavy atom. The number of H-pyrrole nitrogens is 2. The van der Waals surface area contributed by atoms with Crippen molar-refractivity contribution in [3.8, 4) is 0 Å². The number of nitrogens with zero attached hydrogens (tertiary/aromatic N) is 7. The van der Waals surface area contributed by atoms with E-state index in [0.717, 1.165) is 12.8 Å². The highest BCUT2D eigenvalue weighted by Gasteiger charge is 2.16. The van der Waals surface area contributed by atoms with Crippen LogP contribution in [-0.2, 0) is 13.1 Å². The summed E-state index contributed by atoms with van der Waals surface area (Å²) in [5.74, 6) is -0.0548. The highest BCUT2D eigenvalue weighted by molar-refractivity contribution is 5.84. The van der Waals surface area contributed by atoms with Crippen LogP contribution in [0.15, 0.2) is 31.8 Å². The van der Waals surface area contributed by atoms with Gasteiger partial charge in [0.2, 0.25) is 0 Å². The van der Waals surface area contributed by atoms with E-state index in [4.69, 9.17) is 17.2 Å². The van der Waals surface area contributed by atoms with Crippen LogP contribution in [0.25, 0.3) is 22.1 Å². The SMILES string of the molecule is NCCCCN(CCn1c(=O)[nH]c(=O)c2c(N)ncnc21)CCn1c(=O)[nH]c(=O)c2c(N)ncnc21. The fourth-order valence-electron chi connectivity index (χ4n) is 3.98. The molecule has 8 N–H and O–H groups in total. The maximum Gasteiger partial charge on any atom is 0.330 e. The molecule has 0 bridgehead atoms.